The minimum Gasteiger partial charge on any atom is -0.382 e. The highest BCUT2D eigenvalue weighted by molar-refractivity contribution is 7.92. The van der Waals surface area contributed by atoms with Crippen LogP contribution in [0.2, 0.25) is 0 Å². The lowest BCUT2D eigenvalue weighted by Crippen LogP contribution is -2.13. The zero-order valence-corrected chi connectivity index (χ0v) is 18.8. The van der Waals surface area contributed by atoms with Crippen LogP contribution < -0.4 is 11.5 Å². The summed E-state index contributed by atoms with van der Waals surface area (Å²) in [5.41, 5.74) is 14.1. The predicted octanol–water partition coefficient (Wildman–Crippen LogP) is 3.83. The van der Waals surface area contributed by atoms with Gasteiger partial charge >= 0.3 is 0 Å². The summed E-state index contributed by atoms with van der Waals surface area (Å²) < 4.78 is 44.5. The van der Waals surface area contributed by atoms with Crippen LogP contribution in [0.15, 0.2) is 64.1 Å². The number of halogens is 1. The average Bonchev–Trinajstić information content (AvgIpc) is 3.29. The Hall–Kier alpha value is -3.63. The van der Waals surface area contributed by atoms with E-state index in [0.29, 0.717) is 16.8 Å². The number of nitrogens with zero attached hydrogens (tertiary/aromatic N) is 3. The number of benzene rings is 2. The van der Waals surface area contributed by atoms with Crippen LogP contribution >= 0.6 is 0 Å². The molecule has 0 aliphatic carbocycles. The summed E-state index contributed by atoms with van der Waals surface area (Å²) in [7, 11) is -3.38. The van der Waals surface area contributed by atoms with Gasteiger partial charge in [-0.2, -0.15) is 0 Å². The third-order valence-electron chi connectivity index (χ3n) is 5.19. The number of anilines is 1. The lowest BCUT2D eigenvalue weighted by atomic mass is 10.1. The molecule has 0 fully saturated rings. The monoisotopic (exact) mass is 467 g/mol. The normalized spacial score (nSPS) is 11.8. The Kier molecular flexibility index (Phi) is 5.96. The maximum atomic E-state index is 14.4. The van der Waals surface area contributed by atoms with Gasteiger partial charge in [0, 0.05) is 23.7 Å². The van der Waals surface area contributed by atoms with E-state index < -0.39 is 20.9 Å². The molecule has 2 aromatic carbocycles. The molecule has 0 atom stereocenters. The van der Waals surface area contributed by atoms with Crippen LogP contribution in [0.25, 0.3) is 34.0 Å². The molecule has 0 saturated heterocycles. The molecule has 0 aliphatic heterocycles. The van der Waals surface area contributed by atoms with Gasteiger partial charge in [0.2, 0.25) is 0 Å². The topological polar surface area (TPSA) is 138 Å². The summed E-state index contributed by atoms with van der Waals surface area (Å²) in [5, 5.41) is 3.42. The second-order valence-electron chi connectivity index (χ2n) is 7.70. The van der Waals surface area contributed by atoms with Gasteiger partial charge in [0.15, 0.2) is 27.1 Å². The summed E-state index contributed by atoms with van der Waals surface area (Å²) in [5.74, 6) is -0.139. The number of rotatable bonds is 6. The van der Waals surface area contributed by atoms with Crippen LogP contribution in [-0.4, -0.2) is 28.8 Å². The first-order chi connectivity index (χ1) is 15.7. The molecule has 0 aliphatic rings. The Morgan fingerprint density at radius 1 is 1.06 bits per heavy atom. The van der Waals surface area contributed by atoms with E-state index >= 15 is 0 Å². The first kappa shape index (κ1) is 22.6. The highest BCUT2D eigenvalue weighted by Crippen LogP contribution is 2.31. The Morgan fingerprint density at radius 3 is 2.42 bits per heavy atom. The smallest absolute Gasteiger partial charge is 0.189 e. The molecule has 0 bridgehead atoms. The van der Waals surface area contributed by atoms with Gasteiger partial charge in [0.05, 0.1) is 22.0 Å². The van der Waals surface area contributed by atoms with E-state index in [-0.39, 0.29) is 40.0 Å². The van der Waals surface area contributed by atoms with E-state index in [9.17, 15) is 12.8 Å². The Labute approximate surface area is 190 Å². The Morgan fingerprint density at radius 2 is 1.79 bits per heavy atom. The van der Waals surface area contributed by atoms with Crippen molar-refractivity contribution in [1.29, 1.82) is 0 Å². The maximum Gasteiger partial charge on any atom is 0.189 e. The lowest BCUT2D eigenvalue weighted by molar-refractivity contribution is 0.433. The van der Waals surface area contributed by atoms with Crippen molar-refractivity contribution in [2.24, 2.45) is 5.73 Å². The number of hydrogen-bond donors (Lipinski definition) is 2. The fourth-order valence-electron chi connectivity index (χ4n) is 3.21. The summed E-state index contributed by atoms with van der Waals surface area (Å²) in [6.07, 6.45) is 1.48. The number of sulfone groups is 1. The molecule has 2 heterocycles. The first-order valence-electron chi connectivity index (χ1n) is 10.1. The number of nitrogen functional groups attached to an aromatic ring is 1. The summed E-state index contributed by atoms with van der Waals surface area (Å²) in [6.45, 7) is 3.49. The van der Waals surface area contributed by atoms with Crippen LogP contribution in [0, 0.1) is 5.82 Å². The molecular formula is C23H22FN5O3S. The molecule has 0 spiro atoms. The molecule has 0 radical (unpaired) electrons. The molecule has 8 nitrogen and oxygen atoms in total. The SMILES string of the molecule is CC(C)S(=O)(=O)c1ccc(-c2cnc(N)c(-c3cc(-c4ccc(CN)cc4F)no3)n2)cc1. The van der Waals surface area contributed by atoms with Crippen LogP contribution in [0.4, 0.5) is 10.2 Å². The zero-order valence-electron chi connectivity index (χ0n) is 18.0. The number of hydrogen-bond acceptors (Lipinski definition) is 8. The molecule has 0 unspecified atom stereocenters. The average molecular weight is 468 g/mol. The molecule has 2 aromatic heterocycles. The first-order valence-corrected chi connectivity index (χ1v) is 11.7. The second kappa shape index (κ2) is 8.72. The summed E-state index contributed by atoms with van der Waals surface area (Å²) in [4.78, 5) is 8.92. The highest BCUT2D eigenvalue weighted by Gasteiger charge is 2.20. The Balaban J connectivity index is 1.68. The maximum absolute atomic E-state index is 14.4. The van der Waals surface area contributed by atoms with E-state index in [1.807, 2.05) is 0 Å². The molecule has 0 saturated carbocycles. The van der Waals surface area contributed by atoms with Crippen LogP contribution in [0.5, 0.6) is 0 Å². The summed E-state index contributed by atoms with van der Waals surface area (Å²) in [6, 6.07) is 12.5. The van der Waals surface area contributed by atoms with E-state index in [0.717, 1.165) is 0 Å². The standard InChI is InChI=1S/C23H22FN5O3S/c1-13(2)33(30,31)16-6-4-15(5-7-16)20-12-27-23(26)22(28-20)21-10-19(29-32-21)17-8-3-14(11-25)9-18(17)24/h3-10,12-13H,11,25H2,1-2H3,(H2,26,27). The van der Waals surface area contributed by atoms with E-state index in [2.05, 4.69) is 15.1 Å². The molecule has 4 N–H and O–H groups in total. The minimum absolute atomic E-state index is 0.111. The molecular weight excluding hydrogens is 445 g/mol. The van der Waals surface area contributed by atoms with Crippen molar-refractivity contribution in [2.45, 2.75) is 30.5 Å². The molecule has 4 rings (SSSR count). The third-order valence-corrected chi connectivity index (χ3v) is 7.36. The lowest BCUT2D eigenvalue weighted by Gasteiger charge is -2.09. The van der Waals surface area contributed by atoms with Gasteiger partial charge in [0.1, 0.15) is 11.5 Å². The zero-order chi connectivity index (χ0) is 23.8. The van der Waals surface area contributed by atoms with Crippen LogP contribution in [0.1, 0.15) is 19.4 Å². The second-order valence-corrected chi connectivity index (χ2v) is 10.2. The van der Waals surface area contributed by atoms with Crippen molar-refractivity contribution in [3.8, 4) is 34.0 Å². The van der Waals surface area contributed by atoms with Crippen molar-refractivity contribution < 1.29 is 17.3 Å². The molecule has 4 aromatic rings. The van der Waals surface area contributed by atoms with Gasteiger partial charge in [-0.05, 0) is 43.7 Å². The van der Waals surface area contributed by atoms with Gasteiger partial charge in [-0.25, -0.2) is 22.8 Å². The molecule has 33 heavy (non-hydrogen) atoms. The van der Waals surface area contributed by atoms with Gasteiger partial charge in [-0.15, -0.1) is 0 Å². The molecule has 10 heteroatoms. The Bertz CT molecular complexity index is 1420. The van der Waals surface area contributed by atoms with Crippen molar-refractivity contribution in [3.63, 3.8) is 0 Å². The van der Waals surface area contributed by atoms with E-state index in [1.165, 1.54) is 30.5 Å². The van der Waals surface area contributed by atoms with Crippen molar-refractivity contribution in [3.05, 3.63) is 66.1 Å². The number of nitrogens with two attached hydrogens (primary N) is 2. The minimum atomic E-state index is -3.38. The third kappa shape index (κ3) is 4.35. The molecule has 0 amide bonds. The van der Waals surface area contributed by atoms with Crippen LogP contribution in [-0.2, 0) is 16.4 Å². The van der Waals surface area contributed by atoms with E-state index in [1.54, 1.807) is 38.1 Å². The fraction of sp³-hybridized carbons (Fsp3) is 0.174. The van der Waals surface area contributed by atoms with Crippen molar-refractivity contribution >= 4 is 15.7 Å². The highest BCUT2D eigenvalue weighted by atomic mass is 32.2. The fourth-order valence-corrected chi connectivity index (χ4v) is 4.27. The van der Waals surface area contributed by atoms with Gasteiger partial charge in [-0.3, -0.25) is 0 Å². The molecule has 170 valence electrons. The van der Waals surface area contributed by atoms with Gasteiger partial charge < -0.3 is 16.0 Å². The number of aromatic nitrogens is 3. The van der Waals surface area contributed by atoms with Crippen molar-refractivity contribution in [1.82, 2.24) is 15.1 Å². The predicted molar refractivity (Wildman–Crippen MR) is 123 cm³/mol. The van der Waals surface area contributed by atoms with E-state index in [4.69, 9.17) is 16.0 Å². The quantitative estimate of drug-likeness (QED) is 0.436. The van der Waals surface area contributed by atoms with Crippen LogP contribution in [0.3, 0.4) is 0 Å². The summed E-state index contributed by atoms with van der Waals surface area (Å²) >= 11 is 0. The largest absolute Gasteiger partial charge is 0.382 e. The van der Waals surface area contributed by atoms with Crippen molar-refractivity contribution in [2.75, 3.05) is 5.73 Å². The van der Waals surface area contributed by atoms with Gasteiger partial charge in [0.25, 0.3) is 0 Å². The van der Waals surface area contributed by atoms with Gasteiger partial charge in [-0.1, -0.05) is 23.4 Å².